The van der Waals surface area contributed by atoms with E-state index in [1.54, 1.807) is 20.8 Å². The number of nitrogens with one attached hydrogen (secondary N) is 1. The summed E-state index contributed by atoms with van der Waals surface area (Å²) in [6, 6.07) is -0.714. The topological polar surface area (TPSA) is 92.7 Å². The fourth-order valence-electron chi connectivity index (χ4n) is 2.32. The monoisotopic (exact) mass is 257 g/mol. The molecule has 1 amide bonds. The Kier molecular flexibility index (Phi) is 3.98. The van der Waals surface area contributed by atoms with Crippen molar-refractivity contribution in [2.75, 3.05) is 7.11 Å². The third-order valence-corrected chi connectivity index (χ3v) is 3.59. The molecule has 1 fully saturated rings. The number of amides is 1. The van der Waals surface area contributed by atoms with Crippen molar-refractivity contribution in [2.45, 2.75) is 33.2 Å². The van der Waals surface area contributed by atoms with Crippen LogP contribution in [0.4, 0.5) is 0 Å². The van der Waals surface area contributed by atoms with Gasteiger partial charge < -0.3 is 15.2 Å². The van der Waals surface area contributed by atoms with Crippen molar-refractivity contribution in [1.82, 2.24) is 5.32 Å². The van der Waals surface area contributed by atoms with Crippen LogP contribution in [0.15, 0.2) is 0 Å². The summed E-state index contributed by atoms with van der Waals surface area (Å²) in [6.07, 6.45) is 0.406. The summed E-state index contributed by atoms with van der Waals surface area (Å²) in [6.45, 7) is 5.21. The minimum absolute atomic E-state index is 0.398. The minimum Gasteiger partial charge on any atom is -0.481 e. The van der Waals surface area contributed by atoms with Gasteiger partial charge in [0.05, 0.1) is 18.9 Å². The van der Waals surface area contributed by atoms with Crippen LogP contribution < -0.4 is 5.32 Å². The summed E-state index contributed by atoms with van der Waals surface area (Å²) >= 11 is 0. The van der Waals surface area contributed by atoms with Crippen LogP contribution in [-0.4, -0.2) is 36.1 Å². The predicted octanol–water partition coefficient (Wildman–Crippen LogP) is 0.411. The molecule has 0 saturated heterocycles. The highest BCUT2D eigenvalue weighted by atomic mass is 16.5. The molecule has 0 spiro atoms. The normalized spacial score (nSPS) is 26.0. The number of hydrogen-bond donors (Lipinski definition) is 2. The maximum atomic E-state index is 11.9. The minimum atomic E-state index is -0.980. The number of carbonyl (C=O) groups is 3. The number of carboxylic acids is 1. The highest BCUT2D eigenvalue weighted by molar-refractivity contribution is 5.93. The molecule has 0 aromatic carbocycles. The van der Waals surface area contributed by atoms with Gasteiger partial charge in [-0.15, -0.1) is 0 Å². The van der Waals surface area contributed by atoms with Gasteiger partial charge in [0.15, 0.2) is 0 Å². The van der Waals surface area contributed by atoms with E-state index in [1.165, 1.54) is 7.11 Å². The Bertz CT molecular complexity index is 377. The van der Waals surface area contributed by atoms with Gasteiger partial charge in [-0.3, -0.25) is 9.59 Å². The molecule has 3 atom stereocenters. The smallest absolute Gasteiger partial charge is 0.328 e. The molecule has 6 nitrogen and oxygen atoms in total. The Morgan fingerprint density at radius 2 is 1.89 bits per heavy atom. The zero-order valence-electron chi connectivity index (χ0n) is 11.0. The van der Waals surface area contributed by atoms with Crippen molar-refractivity contribution < 1.29 is 24.2 Å². The summed E-state index contributed by atoms with van der Waals surface area (Å²) in [5, 5.41) is 11.5. The lowest BCUT2D eigenvalue weighted by Gasteiger charge is -2.14. The van der Waals surface area contributed by atoms with Crippen LogP contribution in [0.2, 0.25) is 0 Å². The van der Waals surface area contributed by atoms with Crippen molar-refractivity contribution in [3.63, 3.8) is 0 Å². The van der Waals surface area contributed by atoms with E-state index in [0.29, 0.717) is 6.42 Å². The summed E-state index contributed by atoms with van der Waals surface area (Å²) in [7, 11) is 1.25. The van der Waals surface area contributed by atoms with Crippen molar-refractivity contribution in [2.24, 2.45) is 17.3 Å². The van der Waals surface area contributed by atoms with Crippen LogP contribution >= 0.6 is 0 Å². The Morgan fingerprint density at radius 1 is 1.33 bits per heavy atom. The second kappa shape index (κ2) is 4.96. The van der Waals surface area contributed by atoms with Gasteiger partial charge in [-0.25, -0.2) is 4.79 Å². The van der Waals surface area contributed by atoms with E-state index in [-0.39, 0.29) is 0 Å². The molecule has 0 aromatic heterocycles. The Morgan fingerprint density at radius 3 is 2.22 bits per heavy atom. The van der Waals surface area contributed by atoms with Crippen LogP contribution in [0, 0.1) is 17.3 Å². The largest absolute Gasteiger partial charge is 0.481 e. The quantitative estimate of drug-likeness (QED) is 0.696. The van der Waals surface area contributed by atoms with Crippen LogP contribution in [0.25, 0.3) is 0 Å². The lowest BCUT2D eigenvalue weighted by atomic mass is 10.1. The third kappa shape index (κ3) is 2.47. The zero-order valence-corrected chi connectivity index (χ0v) is 11.0. The van der Waals surface area contributed by atoms with Gasteiger partial charge in [0.25, 0.3) is 0 Å². The average Bonchev–Trinajstić information content (AvgIpc) is 2.88. The maximum absolute atomic E-state index is 11.9. The first-order valence-electron chi connectivity index (χ1n) is 5.88. The molecule has 0 aromatic rings. The Hall–Kier alpha value is -1.59. The van der Waals surface area contributed by atoms with E-state index in [0.717, 1.165) is 0 Å². The molecule has 18 heavy (non-hydrogen) atoms. The number of ether oxygens (including phenoxy) is 1. The Labute approximate surface area is 106 Å². The fraction of sp³-hybridized carbons (Fsp3) is 0.750. The number of aliphatic carboxylic acids is 1. The van der Waals surface area contributed by atoms with Crippen molar-refractivity contribution in [3.05, 3.63) is 0 Å². The number of rotatable bonds is 5. The number of carbonyl (C=O) groups excluding carboxylic acids is 2. The molecule has 3 unspecified atom stereocenters. The lowest BCUT2D eigenvalue weighted by Crippen LogP contribution is -2.42. The molecular weight excluding hydrogens is 238 g/mol. The van der Waals surface area contributed by atoms with Gasteiger partial charge in [-0.05, 0) is 11.8 Å². The molecule has 0 radical (unpaired) electrons. The summed E-state index contributed by atoms with van der Waals surface area (Å²) in [5.74, 6) is -3.17. The van der Waals surface area contributed by atoms with E-state index >= 15 is 0 Å². The lowest BCUT2D eigenvalue weighted by molar-refractivity contribution is -0.145. The first-order valence-corrected chi connectivity index (χ1v) is 5.88. The molecule has 102 valence electrons. The van der Waals surface area contributed by atoms with Crippen molar-refractivity contribution >= 4 is 17.8 Å². The van der Waals surface area contributed by atoms with Gasteiger partial charge in [0.1, 0.15) is 6.04 Å². The van der Waals surface area contributed by atoms with E-state index in [9.17, 15) is 14.4 Å². The van der Waals surface area contributed by atoms with Gasteiger partial charge >= 0.3 is 11.9 Å². The molecule has 0 heterocycles. The van der Waals surface area contributed by atoms with Crippen molar-refractivity contribution in [1.29, 1.82) is 0 Å². The molecule has 6 heteroatoms. The maximum Gasteiger partial charge on any atom is 0.328 e. The predicted molar refractivity (Wildman–Crippen MR) is 62.6 cm³/mol. The summed E-state index contributed by atoms with van der Waals surface area (Å²) < 4.78 is 4.56. The first-order chi connectivity index (χ1) is 8.27. The Balaban J connectivity index is 2.67. The molecular formula is C12H19NO5. The average molecular weight is 257 g/mol. The van der Waals surface area contributed by atoms with Gasteiger partial charge in [0, 0.05) is 0 Å². The molecule has 0 bridgehead atoms. The van der Waals surface area contributed by atoms with Crippen molar-refractivity contribution in [3.8, 4) is 0 Å². The zero-order chi connectivity index (χ0) is 14.1. The molecule has 1 saturated carbocycles. The fourth-order valence-corrected chi connectivity index (χ4v) is 2.32. The van der Waals surface area contributed by atoms with E-state index < -0.39 is 41.1 Å². The second-order valence-corrected chi connectivity index (χ2v) is 5.11. The van der Waals surface area contributed by atoms with Crippen LogP contribution in [0.1, 0.15) is 27.2 Å². The second-order valence-electron chi connectivity index (χ2n) is 5.11. The molecule has 1 aliphatic carbocycles. The number of carboxylic acid groups (broad SMARTS) is 1. The first kappa shape index (κ1) is 14.5. The molecule has 1 aliphatic rings. The molecule has 0 aliphatic heterocycles. The van der Waals surface area contributed by atoms with Gasteiger partial charge in [0.2, 0.25) is 5.91 Å². The third-order valence-electron chi connectivity index (χ3n) is 3.59. The van der Waals surface area contributed by atoms with Crippen LogP contribution in [-0.2, 0) is 19.1 Å². The molecule has 2 N–H and O–H groups in total. The van der Waals surface area contributed by atoms with E-state index in [4.69, 9.17) is 5.11 Å². The highest BCUT2D eigenvalue weighted by Crippen LogP contribution is 2.58. The number of hydrogen-bond acceptors (Lipinski definition) is 4. The van der Waals surface area contributed by atoms with E-state index in [1.807, 2.05) is 0 Å². The van der Waals surface area contributed by atoms with E-state index in [2.05, 4.69) is 10.1 Å². The van der Waals surface area contributed by atoms with Crippen LogP contribution in [0.5, 0.6) is 0 Å². The number of methoxy groups -OCH3 is 1. The standard InChI is InChI=1S/C12H19NO5/c1-5-6(11(17)18-4)13-9(14)7-8(10(15)16)12(7,2)3/h6-8H,5H2,1-4H3,(H,13,14)(H,15,16). The SMILES string of the molecule is CCC(NC(=O)C1C(C(=O)O)C1(C)C)C(=O)OC. The highest BCUT2D eigenvalue weighted by Gasteiger charge is 2.66. The summed E-state index contributed by atoms with van der Waals surface area (Å²) in [4.78, 5) is 34.3. The summed E-state index contributed by atoms with van der Waals surface area (Å²) in [5.41, 5.74) is -0.565. The van der Waals surface area contributed by atoms with Gasteiger partial charge in [-0.1, -0.05) is 20.8 Å². The van der Waals surface area contributed by atoms with Crippen LogP contribution in [0.3, 0.4) is 0 Å². The van der Waals surface area contributed by atoms with Gasteiger partial charge in [-0.2, -0.15) is 0 Å². The molecule has 1 rings (SSSR count). The number of esters is 1.